The molecule has 130 valence electrons. The van der Waals surface area contributed by atoms with Gasteiger partial charge in [0.15, 0.2) is 0 Å². The first-order valence-electron chi connectivity index (χ1n) is 8.71. The third-order valence-electron chi connectivity index (χ3n) is 4.14. The van der Waals surface area contributed by atoms with Gasteiger partial charge in [-0.2, -0.15) is 0 Å². The Morgan fingerprint density at radius 3 is 3.17 bits per heavy atom. The van der Waals surface area contributed by atoms with Crippen LogP contribution in [0.1, 0.15) is 31.5 Å². The van der Waals surface area contributed by atoms with Gasteiger partial charge in [-0.15, -0.1) is 0 Å². The highest BCUT2D eigenvalue weighted by Gasteiger charge is 2.14. The highest BCUT2D eigenvalue weighted by atomic mass is 16.5. The summed E-state index contributed by atoms with van der Waals surface area (Å²) in [6.45, 7) is 2.82. The summed E-state index contributed by atoms with van der Waals surface area (Å²) in [6.07, 6.45) is 4.38. The van der Waals surface area contributed by atoms with E-state index in [4.69, 9.17) is 9.47 Å². The van der Waals surface area contributed by atoms with Crippen LogP contribution in [0.3, 0.4) is 0 Å². The van der Waals surface area contributed by atoms with E-state index in [1.54, 1.807) is 0 Å². The van der Waals surface area contributed by atoms with Crippen LogP contribution < -0.4 is 5.32 Å². The lowest BCUT2D eigenvalue weighted by molar-refractivity contribution is -0.121. The van der Waals surface area contributed by atoms with Gasteiger partial charge in [-0.1, -0.05) is 12.1 Å². The zero-order chi connectivity index (χ0) is 16.6. The third-order valence-corrected chi connectivity index (χ3v) is 4.14. The van der Waals surface area contributed by atoms with Gasteiger partial charge in [0.05, 0.1) is 23.7 Å². The fraction of sp³-hybridized carbons (Fsp3) is 0.556. The smallest absolute Gasteiger partial charge is 0.220 e. The van der Waals surface area contributed by atoms with E-state index in [1.165, 1.54) is 0 Å². The molecule has 24 heavy (non-hydrogen) atoms. The standard InChI is InChI=1S/C18H25N3O3/c22-18(19-10-4-11-23-13-14-5-3-12-24-14)9-8-17-20-15-6-1-2-7-16(15)21-17/h1-2,6-7,14H,3-5,8-13H2,(H,19,22)(H,20,21). The molecule has 6 heteroatoms. The van der Waals surface area contributed by atoms with E-state index in [0.29, 0.717) is 32.6 Å². The van der Waals surface area contributed by atoms with Crippen LogP contribution in [0.5, 0.6) is 0 Å². The summed E-state index contributed by atoms with van der Waals surface area (Å²) in [6, 6.07) is 7.88. The van der Waals surface area contributed by atoms with Gasteiger partial charge < -0.3 is 19.8 Å². The lowest BCUT2D eigenvalue weighted by atomic mass is 10.2. The summed E-state index contributed by atoms with van der Waals surface area (Å²) in [5.41, 5.74) is 1.95. The maximum absolute atomic E-state index is 11.9. The van der Waals surface area contributed by atoms with Crippen molar-refractivity contribution in [3.63, 3.8) is 0 Å². The fourth-order valence-corrected chi connectivity index (χ4v) is 2.84. The number of nitrogens with zero attached hydrogens (tertiary/aromatic N) is 1. The average Bonchev–Trinajstić information content (AvgIpc) is 3.25. The van der Waals surface area contributed by atoms with Crippen molar-refractivity contribution in [2.24, 2.45) is 0 Å². The Labute approximate surface area is 141 Å². The van der Waals surface area contributed by atoms with E-state index < -0.39 is 0 Å². The van der Waals surface area contributed by atoms with Gasteiger partial charge in [0.2, 0.25) is 5.91 Å². The van der Waals surface area contributed by atoms with E-state index in [1.807, 2.05) is 24.3 Å². The summed E-state index contributed by atoms with van der Waals surface area (Å²) >= 11 is 0. The number of aromatic nitrogens is 2. The van der Waals surface area contributed by atoms with Crippen molar-refractivity contribution >= 4 is 16.9 Å². The number of fused-ring (bicyclic) bond motifs is 1. The second kappa shape index (κ2) is 8.80. The maximum Gasteiger partial charge on any atom is 0.220 e. The molecule has 1 unspecified atom stereocenters. The normalized spacial score (nSPS) is 17.4. The van der Waals surface area contributed by atoms with Crippen LogP contribution in [-0.4, -0.2) is 48.3 Å². The average molecular weight is 331 g/mol. The van der Waals surface area contributed by atoms with Gasteiger partial charge in [0, 0.05) is 32.6 Å². The Morgan fingerprint density at radius 1 is 1.42 bits per heavy atom. The molecule has 6 nitrogen and oxygen atoms in total. The lowest BCUT2D eigenvalue weighted by Crippen LogP contribution is -2.26. The molecule has 1 aliphatic rings. The zero-order valence-corrected chi connectivity index (χ0v) is 13.9. The number of rotatable bonds is 9. The number of para-hydroxylation sites is 2. The van der Waals surface area contributed by atoms with Crippen molar-refractivity contribution in [3.05, 3.63) is 30.1 Å². The van der Waals surface area contributed by atoms with E-state index in [0.717, 1.165) is 42.7 Å². The van der Waals surface area contributed by atoms with Crippen LogP contribution >= 0.6 is 0 Å². The lowest BCUT2D eigenvalue weighted by Gasteiger charge is -2.10. The predicted molar refractivity (Wildman–Crippen MR) is 91.8 cm³/mol. The summed E-state index contributed by atoms with van der Waals surface area (Å²) in [5.74, 6) is 0.904. The number of aryl methyl sites for hydroxylation is 1. The molecule has 1 aromatic carbocycles. The molecule has 1 atom stereocenters. The number of ether oxygens (including phenoxy) is 2. The van der Waals surface area contributed by atoms with Gasteiger partial charge in [0.25, 0.3) is 0 Å². The van der Waals surface area contributed by atoms with Crippen molar-refractivity contribution in [2.75, 3.05) is 26.4 Å². The third kappa shape index (κ3) is 5.04. The first-order valence-corrected chi connectivity index (χ1v) is 8.71. The van der Waals surface area contributed by atoms with Gasteiger partial charge in [-0.25, -0.2) is 4.98 Å². The molecule has 3 rings (SSSR count). The minimum atomic E-state index is 0.0505. The van der Waals surface area contributed by atoms with Gasteiger partial charge in [-0.3, -0.25) is 4.79 Å². The maximum atomic E-state index is 11.9. The molecule has 2 heterocycles. The number of nitrogens with one attached hydrogen (secondary N) is 2. The molecule has 1 aliphatic heterocycles. The van der Waals surface area contributed by atoms with Crippen LogP contribution in [0.2, 0.25) is 0 Å². The molecule has 1 saturated heterocycles. The molecule has 0 saturated carbocycles. The van der Waals surface area contributed by atoms with Gasteiger partial charge in [-0.05, 0) is 31.4 Å². The minimum absolute atomic E-state index is 0.0505. The van der Waals surface area contributed by atoms with Crippen LogP contribution in [0.4, 0.5) is 0 Å². The molecule has 0 aliphatic carbocycles. The van der Waals surface area contributed by atoms with E-state index in [2.05, 4.69) is 15.3 Å². The Kier molecular flexibility index (Phi) is 6.20. The molecule has 1 fully saturated rings. The second-order valence-corrected chi connectivity index (χ2v) is 6.11. The number of hydrogen-bond acceptors (Lipinski definition) is 4. The predicted octanol–water partition coefficient (Wildman–Crippen LogP) is 2.20. The van der Waals surface area contributed by atoms with Crippen molar-refractivity contribution in [1.29, 1.82) is 0 Å². The summed E-state index contributed by atoms with van der Waals surface area (Å²) in [4.78, 5) is 19.6. The van der Waals surface area contributed by atoms with Crippen LogP contribution in [0.15, 0.2) is 24.3 Å². The molecule has 0 spiro atoms. The van der Waals surface area contributed by atoms with Crippen molar-refractivity contribution in [3.8, 4) is 0 Å². The highest BCUT2D eigenvalue weighted by molar-refractivity contribution is 5.77. The number of benzene rings is 1. The molecule has 0 radical (unpaired) electrons. The van der Waals surface area contributed by atoms with Gasteiger partial charge in [0.1, 0.15) is 5.82 Å². The van der Waals surface area contributed by atoms with E-state index in [9.17, 15) is 4.79 Å². The number of amides is 1. The summed E-state index contributed by atoms with van der Waals surface area (Å²) in [7, 11) is 0. The summed E-state index contributed by atoms with van der Waals surface area (Å²) in [5, 5.41) is 2.92. The molecular formula is C18H25N3O3. The molecule has 2 N–H and O–H groups in total. The molecule has 1 amide bonds. The highest BCUT2D eigenvalue weighted by Crippen LogP contribution is 2.12. The molecular weight excluding hydrogens is 306 g/mol. The number of carbonyl (C=O) groups excluding carboxylic acids is 1. The molecule has 0 bridgehead atoms. The first-order chi connectivity index (χ1) is 11.8. The molecule has 1 aromatic heterocycles. The fourth-order valence-electron chi connectivity index (χ4n) is 2.84. The Bertz CT molecular complexity index is 617. The largest absolute Gasteiger partial charge is 0.379 e. The number of carbonyl (C=O) groups is 1. The van der Waals surface area contributed by atoms with Crippen molar-refractivity contribution < 1.29 is 14.3 Å². The van der Waals surface area contributed by atoms with Crippen LogP contribution in [0, 0.1) is 0 Å². The Morgan fingerprint density at radius 2 is 2.33 bits per heavy atom. The Hall–Kier alpha value is -1.92. The minimum Gasteiger partial charge on any atom is -0.379 e. The number of imidazole rings is 1. The zero-order valence-electron chi connectivity index (χ0n) is 13.9. The quantitative estimate of drug-likeness (QED) is 0.691. The van der Waals surface area contributed by atoms with E-state index in [-0.39, 0.29) is 12.0 Å². The monoisotopic (exact) mass is 331 g/mol. The van der Waals surface area contributed by atoms with Crippen LogP contribution in [0.25, 0.3) is 11.0 Å². The summed E-state index contributed by atoms with van der Waals surface area (Å²) < 4.78 is 11.1. The number of H-pyrrole nitrogens is 1. The number of aromatic amines is 1. The van der Waals surface area contributed by atoms with Gasteiger partial charge >= 0.3 is 0 Å². The Balaban J connectivity index is 1.25. The molecule has 2 aromatic rings. The van der Waals surface area contributed by atoms with E-state index >= 15 is 0 Å². The SMILES string of the molecule is O=C(CCc1nc2ccccc2[nH]1)NCCCOCC1CCCO1. The first kappa shape index (κ1) is 16.9. The van der Waals surface area contributed by atoms with Crippen LogP contribution in [-0.2, 0) is 20.7 Å². The second-order valence-electron chi connectivity index (χ2n) is 6.11. The van der Waals surface area contributed by atoms with Crippen molar-refractivity contribution in [2.45, 2.75) is 38.2 Å². The topological polar surface area (TPSA) is 76.2 Å². The van der Waals surface area contributed by atoms with Crippen molar-refractivity contribution in [1.82, 2.24) is 15.3 Å². The number of hydrogen-bond donors (Lipinski definition) is 2.